The molecule has 1 aromatic heterocycles. The maximum Gasteiger partial charge on any atom is 0.128 e. The van der Waals surface area contributed by atoms with Crippen LogP contribution in [0.5, 0.6) is 0 Å². The van der Waals surface area contributed by atoms with Gasteiger partial charge in [-0.15, -0.1) is 0 Å². The summed E-state index contributed by atoms with van der Waals surface area (Å²) in [7, 11) is 0. The zero-order valence-corrected chi connectivity index (χ0v) is 12.1. The van der Waals surface area contributed by atoms with Gasteiger partial charge in [-0.3, -0.25) is 4.90 Å². The molecule has 0 unspecified atom stereocenters. The van der Waals surface area contributed by atoms with E-state index in [1.165, 1.54) is 19.4 Å². The van der Waals surface area contributed by atoms with Crippen molar-refractivity contribution in [2.24, 2.45) is 5.73 Å². The Morgan fingerprint density at radius 3 is 2.53 bits per heavy atom. The van der Waals surface area contributed by atoms with E-state index < -0.39 is 0 Å². The molecule has 0 spiro atoms. The highest BCUT2D eigenvalue weighted by molar-refractivity contribution is 6.30. The molecule has 106 valence electrons. The third kappa shape index (κ3) is 4.64. The minimum Gasteiger partial charge on any atom is -0.354 e. The highest BCUT2D eigenvalue weighted by Crippen LogP contribution is 2.16. The van der Waals surface area contributed by atoms with Gasteiger partial charge in [0.15, 0.2) is 0 Å². The molecule has 4 nitrogen and oxygen atoms in total. The average molecular weight is 283 g/mol. The molecule has 0 aromatic carbocycles. The molecule has 1 aliphatic rings. The van der Waals surface area contributed by atoms with E-state index in [4.69, 9.17) is 17.3 Å². The first-order valence-corrected chi connectivity index (χ1v) is 7.46. The van der Waals surface area contributed by atoms with Crippen molar-refractivity contribution < 1.29 is 0 Å². The molecule has 0 radical (unpaired) electrons. The van der Waals surface area contributed by atoms with Gasteiger partial charge in [-0.1, -0.05) is 18.0 Å². The molecular formula is C14H23ClN4. The van der Waals surface area contributed by atoms with Gasteiger partial charge in [-0.25, -0.2) is 4.98 Å². The van der Waals surface area contributed by atoms with E-state index in [-0.39, 0.29) is 0 Å². The average Bonchev–Trinajstić information content (AvgIpc) is 2.45. The summed E-state index contributed by atoms with van der Waals surface area (Å²) in [6.07, 6.45) is 5.37. The monoisotopic (exact) mass is 282 g/mol. The lowest BCUT2D eigenvalue weighted by atomic mass is 10.2. The van der Waals surface area contributed by atoms with Crippen LogP contribution in [-0.2, 0) is 0 Å². The first-order chi connectivity index (χ1) is 9.29. The Morgan fingerprint density at radius 1 is 1.11 bits per heavy atom. The SMILES string of the molecule is NCCCCCN1CCN(c2ccc(Cl)cn2)CC1. The molecule has 1 fully saturated rings. The van der Waals surface area contributed by atoms with E-state index in [0.717, 1.165) is 45.0 Å². The van der Waals surface area contributed by atoms with Gasteiger partial charge in [0.2, 0.25) is 0 Å². The number of halogens is 1. The topological polar surface area (TPSA) is 45.4 Å². The molecule has 19 heavy (non-hydrogen) atoms. The minimum absolute atomic E-state index is 0.697. The maximum absolute atomic E-state index is 5.86. The Labute approximate surface area is 120 Å². The van der Waals surface area contributed by atoms with Gasteiger partial charge in [0.25, 0.3) is 0 Å². The molecule has 0 bridgehead atoms. The molecule has 5 heteroatoms. The van der Waals surface area contributed by atoms with Crippen LogP contribution in [0, 0.1) is 0 Å². The Balaban J connectivity index is 1.71. The number of unbranched alkanes of at least 4 members (excludes halogenated alkanes) is 2. The number of aromatic nitrogens is 1. The molecule has 1 aliphatic heterocycles. The largest absolute Gasteiger partial charge is 0.354 e. The van der Waals surface area contributed by atoms with Crippen molar-refractivity contribution in [3.8, 4) is 0 Å². The van der Waals surface area contributed by atoms with Crippen LogP contribution in [0.4, 0.5) is 5.82 Å². The van der Waals surface area contributed by atoms with E-state index in [1.807, 2.05) is 12.1 Å². The standard InChI is InChI=1S/C14H23ClN4/c15-13-4-5-14(17-12-13)19-10-8-18(9-11-19)7-3-1-2-6-16/h4-5,12H,1-3,6-11,16H2. The number of pyridine rings is 1. The first-order valence-electron chi connectivity index (χ1n) is 7.08. The Bertz CT molecular complexity index is 360. The Kier molecular flexibility index (Phi) is 5.89. The van der Waals surface area contributed by atoms with E-state index in [9.17, 15) is 0 Å². The van der Waals surface area contributed by atoms with E-state index >= 15 is 0 Å². The van der Waals surface area contributed by atoms with E-state index in [2.05, 4.69) is 14.8 Å². The Morgan fingerprint density at radius 2 is 1.89 bits per heavy atom. The van der Waals surface area contributed by atoms with Gasteiger partial charge in [0, 0.05) is 32.4 Å². The maximum atomic E-state index is 5.86. The van der Waals surface area contributed by atoms with Crippen LogP contribution in [-0.4, -0.2) is 49.2 Å². The lowest BCUT2D eigenvalue weighted by Crippen LogP contribution is -2.46. The second-order valence-electron chi connectivity index (χ2n) is 5.01. The summed E-state index contributed by atoms with van der Waals surface area (Å²) in [6.45, 7) is 6.34. The van der Waals surface area contributed by atoms with Crippen LogP contribution >= 0.6 is 11.6 Å². The summed E-state index contributed by atoms with van der Waals surface area (Å²) in [5.41, 5.74) is 5.50. The summed E-state index contributed by atoms with van der Waals surface area (Å²) in [4.78, 5) is 9.23. The van der Waals surface area contributed by atoms with Crippen LogP contribution in [0.25, 0.3) is 0 Å². The van der Waals surface area contributed by atoms with Crippen LogP contribution < -0.4 is 10.6 Å². The number of nitrogens with zero attached hydrogens (tertiary/aromatic N) is 3. The zero-order valence-electron chi connectivity index (χ0n) is 11.4. The summed E-state index contributed by atoms with van der Waals surface area (Å²) < 4.78 is 0. The molecular weight excluding hydrogens is 260 g/mol. The van der Waals surface area contributed by atoms with Crippen LogP contribution in [0.15, 0.2) is 18.3 Å². The van der Waals surface area contributed by atoms with Gasteiger partial charge >= 0.3 is 0 Å². The highest BCUT2D eigenvalue weighted by Gasteiger charge is 2.17. The van der Waals surface area contributed by atoms with Crippen molar-refractivity contribution in [2.75, 3.05) is 44.2 Å². The fraction of sp³-hybridized carbons (Fsp3) is 0.643. The van der Waals surface area contributed by atoms with E-state index in [0.29, 0.717) is 5.02 Å². The van der Waals surface area contributed by atoms with Crippen molar-refractivity contribution >= 4 is 17.4 Å². The van der Waals surface area contributed by atoms with Crippen LogP contribution in [0.1, 0.15) is 19.3 Å². The molecule has 0 amide bonds. The third-order valence-electron chi connectivity index (χ3n) is 3.59. The third-order valence-corrected chi connectivity index (χ3v) is 3.81. The van der Waals surface area contributed by atoms with Crippen molar-refractivity contribution in [3.63, 3.8) is 0 Å². The fourth-order valence-corrected chi connectivity index (χ4v) is 2.52. The normalized spacial score (nSPS) is 16.8. The second-order valence-corrected chi connectivity index (χ2v) is 5.45. The predicted molar refractivity (Wildman–Crippen MR) is 80.8 cm³/mol. The van der Waals surface area contributed by atoms with Crippen molar-refractivity contribution in [2.45, 2.75) is 19.3 Å². The van der Waals surface area contributed by atoms with Gasteiger partial charge in [0.1, 0.15) is 5.82 Å². The zero-order chi connectivity index (χ0) is 13.5. The second kappa shape index (κ2) is 7.68. The van der Waals surface area contributed by atoms with E-state index in [1.54, 1.807) is 6.20 Å². The minimum atomic E-state index is 0.697. The van der Waals surface area contributed by atoms with Crippen LogP contribution in [0.3, 0.4) is 0 Å². The van der Waals surface area contributed by atoms with Crippen LogP contribution in [0.2, 0.25) is 5.02 Å². The van der Waals surface area contributed by atoms with Gasteiger partial charge < -0.3 is 10.6 Å². The number of piperazine rings is 1. The summed E-state index contributed by atoms with van der Waals surface area (Å²) in [5, 5.41) is 0.697. The highest BCUT2D eigenvalue weighted by atomic mass is 35.5. The molecule has 1 saturated heterocycles. The number of nitrogens with two attached hydrogens (primary N) is 1. The summed E-state index contributed by atoms with van der Waals surface area (Å²) in [6, 6.07) is 3.91. The molecule has 2 heterocycles. The molecule has 0 atom stereocenters. The molecule has 2 rings (SSSR count). The number of hydrogen-bond acceptors (Lipinski definition) is 4. The quantitative estimate of drug-likeness (QED) is 0.811. The van der Waals surface area contributed by atoms with Crippen molar-refractivity contribution in [1.82, 2.24) is 9.88 Å². The first kappa shape index (κ1) is 14.6. The molecule has 0 saturated carbocycles. The summed E-state index contributed by atoms with van der Waals surface area (Å²) >= 11 is 5.86. The van der Waals surface area contributed by atoms with Crippen molar-refractivity contribution in [3.05, 3.63) is 23.4 Å². The predicted octanol–water partition coefficient (Wildman–Crippen LogP) is 1.99. The molecule has 0 aliphatic carbocycles. The van der Waals surface area contributed by atoms with Crippen molar-refractivity contribution in [1.29, 1.82) is 0 Å². The number of anilines is 1. The summed E-state index contributed by atoms with van der Waals surface area (Å²) in [5.74, 6) is 1.03. The lowest BCUT2D eigenvalue weighted by Gasteiger charge is -2.35. The van der Waals surface area contributed by atoms with Gasteiger partial charge in [-0.05, 0) is 38.1 Å². The number of rotatable bonds is 6. The Hall–Kier alpha value is -0.840. The van der Waals surface area contributed by atoms with Gasteiger partial charge in [-0.2, -0.15) is 0 Å². The van der Waals surface area contributed by atoms with Gasteiger partial charge in [0.05, 0.1) is 5.02 Å². The molecule has 1 aromatic rings. The molecule has 2 N–H and O–H groups in total. The fourth-order valence-electron chi connectivity index (χ4n) is 2.41. The number of hydrogen-bond donors (Lipinski definition) is 1. The lowest BCUT2D eigenvalue weighted by molar-refractivity contribution is 0.252. The smallest absolute Gasteiger partial charge is 0.128 e.